The largest absolute Gasteiger partial charge is 0.397 e. The molecule has 158 valence electrons. The number of hydrogen-bond acceptors (Lipinski definition) is 5. The number of halogens is 1. The second-order valence-corrected chi connectivity index (χ2v) is 8.65. The number of nitrogens with one attached hydrogen (secondary N) is 2. The molecule has 8 nitrogen and oxygen atoms in total. The summed E-state index contributed by atoms with van der Waals surface area (Å²) in [6, 6.07) is 15.0. The number of urea groups is 1. The second-order valence-electron chi connectivity index (χ2n) is 6.82. The lowest BCUT2D eigenvalue weighted by molar-refractivity contribution is 0.102. The average molecular weight is 440 g/mol. The molecule has 3 aromatic rings. The number of nitrogens with zero attached hydrogens (tertiary/aromatic N) is 1. The Bertz CT molecular complexity index is 1290. The topological polar surface area (TPSA) is 122 Å². The van der Waals surface area contributed by atoms with Crippen molar-refractivity contribution in [3.63, 3.8) is 0 Å². The lowest BCUT2D eigenvalue weighted by Crippen LogP contribution is -2.43. The number of rotatable bonds is 4. The van der Waals surface area contributed by atoms with Crippen LogP contribution in [0.1, 0.15) is 15.9 Å². The maximum Gasteiger partial charge on any atom is 0.336 e. The lowest BCUT2D eigenvalue weighted by Gasteiger charge is -2.28. The lowest BCUT2D eigenvalue weighted by atomic mass is 10.1. The van der Waals surface area contributed by atoms with E-state index < -0.39 is 27.8 Å². The minimum atomic E-state index is -4.01. The molecule has 3 aromatic carbocycles. The number of sulfonamides is 1. The van der Waals surface area contributed by atoms with Crippen LogP contribution in [-0.4, -0.2) is 24.7 Å². The van der Waals surface area contributed by atoms with Gasteiger partial charge in [-0.15, -0.1) is 0 Å². The van der Waals surface area contributed by atoms with Crippen LogP contribution in [0.2, 0.25) is 0 Å². The zero-order valence-electron chi connectivity index (χ0n) is 16.0. The molecule has 0 saturated heterocycles. The Morgan fingerprint density at radius 2 is 1.77 bits per heavy atom. The van der Waals surface area contributed by atoms with Crippen molar-refractivity contribution < 1.29 is 22.4 Å². The summed E-state index contributed by atoms with van der Waals surface area (Å²) in [5.74, 6) is -1.05. The number of benzene rings is 3. The monoisotopic (exact) mass is 440 g/mol. The highest BCUT2D eigenvalue weighted by atomic mass is 32.2. The number of carbonyl (C=O) groups excluding carboxylic acids is 2. The number of fused-ring (bicyclic) bond motifs is 1. The van der Waals surface area contributed by atoms with Gasteiger partial charge < -0.3 is 16.4 Å². The van der Waals surface area contributed by atoms with E-state index in [1.807, 2.05) is 0 Å². The highest BCUT2D eigenvalue weighted by Crippen LogP contribution is 2.30. The summed E-state index contributed by atoms with van der Waals surface area (Å²) < 4.78 is 39.7. The van der Waals surface area contributed by atoms with Crippen molar-refractivity contribution in [2.75, 3.05) is 16.4 Å². The van der Waals surface area contributed by atoms with E-state index in [-0.39, 0.29) is 34.1 Å². The van der Waals surface area contributed by atoms with E-state index in [1.165, 1.54) is 48.5 Å². The van der Waals surface area contributed by atoms with E-state index in [0.29, 0.717) is 5.56 Å². The molecule has 4 rings (SSSR count). The van der Waals surface area contributed by atoms with Crippen molar-refractivity contribution >= 4 is 39.0 Å². The Labute approximate surface area is 177 Å². The number of nitrogen functional groups attached to an aromatic ring is 1. The number of nitrogens with two attached hydrogens (primary N) is 1. The molecule has 1 aliphatic rings. The molecule has 0 spiro atoms. The standard InChI is InChI=1S/C21H17FN4O4S/c22-15-9-10-16(23)18(11-15)24-20(27)14-7-5-13(6-8-14)12-26-21(28)25-17-3-1-2-4-19(17)31(26,29)30/h1-11H,12,23H2,(H,24,27)(H,25,28). The molecule has 10 heteroatoms. The van der Waals surface area contributed by atoms with Gasteiger partial charge in [-0.2, -0.15) is 0 Å². The molecular formula is C21H17FN4O4S. The van der Waals surface area contributed by atoms with E-state index in [0.717, 1.165) is 10.4 Å². The Kier molecular flexibility index (Phi) is 5.07. The van der Waals surface area contributed by atoms with Gasteiger partial charge in [-0.25, -0.2) is 21.9 Å². The number of para-hydroxylation sites is 1. The van der Waals surface area contributed by atoms with E-state index in [9.17, 15) is 22.4 Å². The van der Waals surface area contributed by atoms with Crippen LogP contribution in [0, 0.1) is 5.82 Å². The Hall–Kier alpha value is -3.92. The molecule has 4 N–H and O–H groups in total. The summed E-state index contributed by atoms with van der Waals surface area (Å²) in [5.41, 5.74) is 7.08. The van der Waals surface area contributed by atoms with Gasteiger partial charge in [0.1, 0.15) is 10.7 Å². The van der Waals surface area contributed by atoms with Crippen LogP contribution in [0.5, 0.6) is 0 Å². The smallest absolute Gasteiger partial charge is 0.336 e. The highest BCUT2D eigenvalue weighted by Gasteiger charge is 2.36. The van der Waals surface area contributed by atoms with Crippen LogP contribution in [-0.2, 0) is 16.6 Å². The van der Waals surface area contributed by atoms with Crippen molar-refractivity contribution in [3.05, 3.63) is 83.7 Å². The predicted molar refractivity (Wildman–Crippen MR) is 113 cm³/mol. The van der Waals surface area contributed by atoms with Crippen molar-refractivity contribution in [2.45, 2.75) is 11.4 Å². The van der Waals surface area contributed by atoms with Gasteiger partial charge in [-0.3, -0.25) is 4.79 Å². The third-order valence-electron chi connectivity index (χ3n) is 4.73. The van der Waals surface area contributed by atoms with Crippen molar-refractivity contribution in [2.24, 2.45) is 0 Å². The van der Waals surface area contributed by atoms with Crippen LogP contribution in [0.4, 0.5) is 26.2 Å². The van der Waals surface area contributed by atoms with E-state index in [2.05, 4.69) is 10.6 Å². The molecule has 0 unspecified atom stereocenters. The van der Waals surface area contributed by atoms with Crippen molar-refractivity contribution in [1.29, 1.82) is 0 Å². The number of amides is 3. The van der Waals surface area contributed by atoms with Gasteiger partial charge in [0.15, 0.2) is 0 Å². The first-order valence-electron chi connectivity index (χ1n) is 9.14. The molecule has 0 aromatic heterocycles. The van der Waals surface area contributed by atoms with Crippen LogP contribution in [0.15, 0.2) is 71.6 Å². The molecular weight excluding hydrogens is 423 g/mol. The molecule has 0 bridgehead atoms. The van der Waals surface area contributed by atoms with Gasteiger partial charge in [-0.1, -0.05) is 24.3 Å². The fourth-order valence-corrected chi connectivity index (χ4v) is 4.58. The zero-order chi connectivity index (χ0) is 22.2. The van der Waals surface area contributed by atoms with Crippen LogP contribution < -0.4 is 16.4 Å². The molecule has 3 amide bonds. The quantitative estimate of drug-likeness (QED) is 0.537. The second kappa shape index (κ2) is 7.73. The molecule has 1 aliphatic heterocycles. The van der Waals surface area contributed by atoms with Crippen LogP contribution in [0.25, 0.3) is 0 Å². The number of hydrogen-bond donors (Lipinski definition) is 3. The van der Waals surface area contributed by atoms with Gasteiger partial charge >= 0.3 is 6.03 Å². The highest BCUT2D eigenvalue weighted by molar-refractivity contribution is 7.90. The van der Waals surface area contributed by atoms with Gasteiger partial charge in [0.05, 0.1) is 23.6 Å². The first kappa shape index (κ1) is 20.4. The molecule has 0 atom stereocenters. The van der Waals surface area contributed by atoms with Crippen molar-refractivity contribution in [3.8, 4) is 0 Å². The molecule has 1 heterocycles. The van der Waals surface area contributed by atoms with E-state index in [1.54, 1.807) is 12.1 Å². The maximum absolute atomic E-state index is 13.4. The fourth-order valence-electron chi connectivity index (χ4n) is 3.12. The SMILES string of the molecule is Nc1ccc(F)cc1NC(=O)c1ccc(CN2C(=O)Nc3ccccc3S2(=O)=O)cc1. The van der Waals surface area contributed by atoms with Gasteiger partial charge in [0, 0.05) is 5.56 Å². The third kappa shape index (κ3) is 3.92. The molecule has 0 radical (unpaired) electrons. The summed E-state index contributed by atoms with van der Waals surface area (Å²) in [6.45, 7) is -0.207. The summed E-state index contributed by atoms with van der Waals surface area (Å²) >= 11 is 0. The molecule has 31 heavy (non-hydrogen) atoms. The van der Waals surface area contributed by atoms with E-state index >= 15 is 0 Å². The average Bonchev–Trinajstić information content (AvgIpc) is 2.74. The minimum Gasteiger partial charge on any atom is -0.397 e. The normalized spacial score (nSPS) is 14.5. The summed E-state index contributed by atoms with van der Waals surface area (Å²) in [7, 11) is -4.01. The molecule has 0 saturated carbocycles. The van der Waals surface area contributed by atoms with Crippen LogP contribution in [0.3, 0.4) is 0 Å². The number of carbonyl (C=O) groups is 2. The van der Waals surface area contributed by atoms with Gasteiger partial charge in [-0.05, 0) is 48.0 Å². The summed E-state index contributed by atoms with van der Waals surface area (Å²) in [5, 5.41) is 5.08. The van der Waals surface area contributed by atoms with Gasteiger partial charge in [0.2, 0.25) is 0 Å². The summed E-state index contributed by atoms with van der Waals surface area (Å²) in [6.07, 6.45) is 0. The zero-order valence-corrected chi connectivity index (χ0v) is 16.8. The Balaban J connectivity index is 1.52. The third-order valence-corrected chi connectivity index (χ3v) is 6.52. The molecule has 0 aliphatic carbocycles. The maximum atomic E-state index is 13.4. The first-order chi connectivity index (χ1) is 14.8. The summed E-state index contributed by atoms with van der Waals surface area (Å²) in [4.78, 5) is 24.8. The first-order valence-corrected chi connectivity index (χ1v) is 10.6. The number of anilines is 3. The minimum absolute atomic E-state index is 0.0123. The van der Waals surface area contributed by atoms with E-state index in [4.69, 9.17) is 5.73 Å². The molecule has 0 fully saturated rings. The van der Waals surface area contributed by atoms with Crippen LogP contribution >= 0.6 is 0 Å². The Morgan fingerprint density at radius 1 is 1.06 bits per heavy atom. The van der Waals surface area contributed by atoms with Gasteiger partial charge in [0.25, 0.3) is 15.9 Å². The predicted octanol–water partition coefficient (Wildman–Crippen LogP) is 3.40. The fraction of sp³-hybridized carbons (Fsp3) is 0.0476. The Morgan fingerprint density at radius 3 is 2.52 bits per heavy atom. The van der Waals surface area contributed by atoms with Crippen molar-refractivity contribution in [1.82, 2.24) is 4.31 Å².